The first-order valence-electron chi connectivity index (χ1n) is 12.2. The van der Waals surface area contributed by atoms with Crippen molar-refractivity contribution in [1.29, 1.82) is 0 Å². The van der Waals surface area contributed by atoms with Crippen molar-refractivity contribution >= 4 is 22.3 Å². The Bertz CT molecular complexity index is 1600. The van der Waals surface area contributed by atoms with E-state index in [9.17, 15) is 4.39 Å². The zero-order valence-corrected chi connectivity index (χ0v) is 20.7. The molecule has 0 fully saturated rings. The molecule has 8 nitrogen and oxygen atoms in total. The molecular formula is C28H27FN8. The Morgan fingerprint density at radius 3 is 2.73 bits per heavy atom. The van der Waals surface area contributed by atoms with Crippen LogP contribution in [0, 0.1) is 5.82 Å². The van der Waals surface area contributed by atoms with Crippen molar-refractivity contribution in [3.63, 3.8) is 0 Å². The van der Waals surface area contributed by atoms with Crippen LogP contribution in [0.2, 0.25) is 0 Å². The molecule has 1 aliphatic rings. The van der Waals surface area contributed by atoms with Gasteiger partial charge >= 0.3 is 0 Å². The molecule has 1 aromatic carbocycles. The number of likely N-dealkylation sites (N-methyl/N-ethyl adjacent to an activating group) is 1. The zero-order valence-electron chi connectivity index (χ0n) is 20.7. The topological polar surface area (TPSA) is 97.9 Å². The molecule has 0 saturated carbocycles. The second-order valence-corrected chi connectivity index (χ2v) is 9.48. The van der Waals surface area contributed by atoms with Gasteiger partial charge in [0.1, 0.15) is 5.82 Å². The molecule has 9 heteroatoms. The molecule has 186 valence electrons. The minimum Gasteiger partial charge on any atom is -0.384 e. The maximum absolute atomic E-state index is 14.6. The number of halogens is 1. The molecule has 0 bridgehead atoms. The SMILES string of the molecule is CN(C)CCNc1cc(F)cc(-c2cncc3[nH]c(C4=NCCc5ncc(-c6cn[nH]c6)cc54)cc23)c1. The number of hydrogen-bond donors (Lipinski definition) is 3. The first-order chi connectivity index (χ1) is 18.0. The number of fused-ring (bicyclic) bond motifs is 2. The van der Waals surface area contributed by atoms with Crippen molar-refractivity contribution in [2.75, 3.05) is 39.0 Å². The van der Waals surface area contributed by atoms with Crippen molar-refractivity contribution in [2.24, 2.45) is 4.99 Å². The van der Waals surface area contributed by atoms with E-state index in [0.29, 0.717) is 6.54 Å². The van der Waals surface area contributed by atoms with Gasteiger partial charge in [-0.3, -0.25) is 20.1 Å². The summed E-state index contributed by atoms with van der Waals surface area (Å²) in [5.41, 5.74) is 8.98. The third kappa shape index (κ3) is 4.61. The lowest BCUT2D eigenvalue weighted by atomic mass is 9.97. The van der Waals surface area contributed by atoms with Crippen LogP contribution in [-0.2, 0) is 6.42 Å². The monoisotopic (exact) mass is 494 g/mol. The van der Waals surface area contributed by atoms with Crippen LogP contribution in [0.5, 0.6) is 0 Å². The molecule has 5 aromatic rings. The molecule has 0 radical (unpaired) electrons. The predicted octanol–water partition coefficient (Wildman–Crippen LogP) is 4.52. The van der Waals surface area contributed by atoms with Gasteiger partial charge in [-0.1, -0.05) is 0 Å². The lowest BCUT2D eigenvalue weighted by Gasteiger charge is -2.16. The van der Waals surface area contributed by atoms with Gasteiger partial charge in [0.15, 0.2) is 0 Å². The van der Waals surface area contributed by atoms with Gasteiger partial charge in [-0.15, -0.1) is 0 Å². The molecule has 4 aromatic heterocycles. The maximum Gasteiger partial charge on any atom is 0.125 e. The third-order valence-electron chi connectivity index (χ3n) is 6.57. The quantitative estimate of drug-likeness (QED) is 0.309. The number of pyridine rings is 2. The minimum atomic E-state index is -0.291. The van der Waals surface area contributed by atoms with Crippen LogP contribution in [0.3, 0.4) is 0 Å². The summed E-state index contributed by atoms with van der Waals surface area (Å²) in [6.45, 7) is 2.25. The first kappa shape index (κ1) is 23.1. The van der Waals surface area contributed by atoms with E-state index < -0.39 is 0 Å². The summed E-state index contributed by atoms with van der Waals surface area (Å²) in [5.74, 6) is -0.291. The molecule has 0 amide bonds. The van der Waals surface area contributed by atoms with Crippen LogP contribution >= 0.6 is 0 Å². The van der Waals surface area contributed by atoms with Gasteiger partial charge in [0.05, 0.1) is 35.0 Å². The third-order valence-corrected chi connectivity index (χ3v) is 6.57. The van der Waals surface area contributed by atoms with Crippen LogP contribution in [0.1, 0.15) is 17.0 Å². The summed E-state index contributed by atoms with van der Waals surface area (Å²) >= 11 is 0. The molecule has 0 saturated heterocycles. The van der Waals surface area contributed by atoms with E-state index in [1.807, 2.05) is 32.6 Å². The standard InChI is InChI=1S/C28H27FN8/c1-37(2)6-5-31-21-8-17(7-20(29)10-21)24-15-30-16-27-22(24)11-26(36-27)28-23-9-18(19-13-34-35-14-19)12-33-25(23)3-4-32-28/h7-16,31,36H,3-6H2,1-2H3,(H,34,35). The summed E-state index contributed by atoms with van der Waals surface area (Å²) in [6.07, 6.45) is 9.90. The second kappa shape index (κ2) is 9.59. The van der Waals surface area contributed by atoms with Gasteiger partial charge < -0.3 is 15.2 Å². The number of H-pyrrole nitrogens is 2. The highest BCUT2D eigenvalue weighted by atomic mass is 19.1. The fraction of sp³-hybridized carbons (Fsp3) is 0.214. The molecule has 6 rings (SSSR count). The Labute approximate surface area is 213 Å². The zero-order chi connectivity index (χ0) is 25.4. The van der Waals surface area contributed by atoms with E-state index in [4.69, 9.17) is 9.98 Å². The number of hydrogen-bond acceptors (Lipinski definition) is 6. The van der Waals surface area contributed by atoms with Gasteiger partial charge in [-0.05, 0) is 50.0 Å². The molecule has 0 aliphatic carbocycles. The summed E-state index contributed by atoms with van der Waals surface area (Å²) < 4.78 is 14.6. The maximum atomic E-state index is 14.6. The number of aliphatic imine (C=N–C) groups is 1. The van der Waals surface area contributed by atoms with Crippen molar-refractivity contribution in [3.05, 3.63) is 84.1 Å². The average Bonchev–Trinajstić information content (AvgIpc) is 3.58. The van der Waals surface area contributed by atoms with E-state index in [2.05, 4.69) is 42.5 Å². The average molecular weight is 495 g/mol. The summed E-state index contributed by atoms with van der Waals surface area (Å²) in [5, 5.41) is 11.2. The van der Waals surface area contributed by atoms with Crippen LogP contribution in [0.15, 0.2) is 66.3 Å². The van der Waals surface area contributed by atoms with Gasteiger partial charge in [-0.2, -0.15) is 5.10 Å². The normalized spacial score (nSPS) is 13.1. The number of benzene rings is 1. The van der Waals surface area contributed by atoms with Gasteiger partial charge in [0.25, 0.3) is 0 Å². The van der Waals surface area contributed by atoms with Gasteiger partial charge in [0.2, 0.25) is 0 Å². The van der Waals surface area contributed by atoms with Crippen molar-refractivity contribution in [3.8, 4) is 22.3 Å². The largest absolute Gasteiger partial charge is 0.384 e. The molecular weight excluding hydrogens is 467 g/mol. The molecule has 0 spiro atoms. The fourth-order valence-corrected chi connectivity index (χ4v) is 4.73. The lowest BCUT2D eigenvalue weighted by Crippen LogP contribution is -2.20. The summed E-state index contributed by atoms with van der Waals surface area (Å²) in [4.78, 5) is 19.6. The fourth-order valence-electron chi connectivity index (χ4n) is 4.73. The Morgan fingerprint density at radius 1 is 0.973 bits per heavy atom. The molecule has 37 heavy (non-hydrogen) atoms. The van der Waals surface area contributed by atoms with Gasteiger partial charge in [0, 0.05) is 78.0 Å². The Balaban J connectivity index is 1.39. The first-order valence-corrected chi connectivity index (χ1v) is 12.2. The molecule has 1 aliphatic heterocycles. The molecule has 5 heterocycles. The van der Waals surface area contributed by atoms with E-state index >= 15 is 0 Å². The van der Waals surface area contributed by atoms with Crippen molar-refractivity contribution in [1.82, 2.24) is 30.0 Å². The minimum absolute atomic E-state index is 0.291. The van der Waals surface area contributed by atoms with Crippen LogP contribution in [0.4, 0.5) is 10.1 Å². The number of aromatic amines is 2. The Kier molecular flexibility index (Phi) is 5.97. The highest BCUT2D eigenvalue weighted by Gasteiger charge is 2.21. The number of aromatic nitrogens is 5. The predicted molar refractivity (Wildman–Crippen MR) is 145 cm³/mol. The lowest BCUT2D eigenvalue weighted by molar-refractivity contribution is 0.425. The highest BCUT2D eigenvalue weighted by molar-refractivity contribution is 6.16. The van der Waals surface area contributed by atoms with E-state index in [1.165, 1.54) is 6.07 Å². The second-order valence-electron chi connectivity index (χ2n) is 9.48. The smallest absolute Gasteiger partial charge is 0.125 e. The van der Waals surface area contributed by atoms with Crippen molar-refractivity contribution < 1.29 is 4.39 Å². The number of nitrogens with one attached hydrogen (secondary N) is 3. The Morgan fingerprint density at radius 2 is 1.89 bits per heavy atom. The summed E-state index contributed by atoms with van der Waals surface area (Å²) in [6, 6.07) is 9.24. The number of anilines is 1. The molecule has 0 atom stereocenters. The number of rotatable bonds is 7. The van der Waals surface area contributed by atoms with E-state index in [0.717, 1.165) is 81.0 Å². The van der Waals surface area contributed by atoms with Crippen molar-refractivity contribution in [2.45, 2.75) is 6.42 Å². The molecule has 3 N–H and O–H groups in total. The Hall–Kier alpha value is -4.37. The van der Waals surface area contributed by atoms with Crippen LogP contribution in [-0.4, -0.2) is 69.5 Å². The van der Waals surface area contributed by atoms with Gasteiger partial charge in [-0.25, -0.2) is 4.39 Å². The van der Waals surface area contributed by atoms with Crippen LogP contribution in [0.25, 0.3) is 33.2 Å². The van der Waals surface area contributed by atoms with E-state index in [-0.39, 0.29) is 5.82 Å². The van der Waals surface area contributed by atoms with Crippen LogP contribution < -0.4 is 5.32 Å². The highest BCUT2D eigenvalue weighted by Crippen LogP contribution is 2.32. The number of nitrogens with zero attached hydrogens (tertiary/aromatic N) is 5. The van der Waals surface area contributed by atoms with E-state index in [1.54, 1.807) is 24.7 Å². The summed E-state index contributed by atoms with van der Waals surface area (Å²) in [7, 11) is 4.02. The molecule has 0 unspecified atom stereocenters.